The monoisotopic (exact) mass is 352 g/mol. The molecule has 0 aliphatic carbocycles. The first-order chi connectivity index (χ1) is 9.99. The molecule has 110 valence electrons. The zero-order valence-electron chi connectivity index (χ0n) is 11.2. The maximum atomic E-state index is 12.0. The van der Waals surface area contributed by atoms with Gasteiger partial charge in [-0.25, -0.2) is 0 Å². The Kier molecular flexibility index (Phi) is 4.69. The molecule has 1 heterocycles. The van der Waals surface area contributed by atoms with Gasteiger partial charge >= 0.3 is 0 Å². The molecule has 0 bridgehead atoms. The molecule has 0 aliphatic heterocycles. The molecule has 1 N–H and O–H groups in total. The first kappa shape index (κ1) is 15.2. The van der Waals surface area contributed by atoms with Crippen LogP contribution >= 0.6 is 15.9 Å². The van der Waals surface area contributed by atoms with Crippen molar-refractivity contribution in [1.29, 1.82) is 0 Å². The fourth-order valence-corrected chi connectivity index (χ4v) is 2.42. The third-order valence-corrected chi connectivity index (χ3v) is 3.69. The van der Waals surface area contributed by atoms with Crippen molar-refractivity contribution in [3.05, 3.63) is 56.3 Å². The molecule has 0 saturated carbocycles. The second-order valence-electron chi connectivity index (χ2n) is 4.38. The molecular formula is C13H13BrN4O3. The van der Waals surface area contributed by atoms with E-state index in [1.54, 1.807) is 4.68 Å². The highest BCUT2D eigenvalue weighted by Crippen LogP contribution is 2.28. The highest BCUT2D eigenvalue weighted by atomic mass is 79.9. The summed E-state index contributed by atoms with van der Waals surface area (Å²) in [5.74, 6) is -0.360. The van der Waals surface area contributed by atoms with Gasteiger partial charge in [0.15, 0.2) is 0 Å². The summed E-state index contributed by atoms with van der Waals surface area (Å²) >= 11 is 3.10. The maximum absolute atomic E-state index is 12.0. The SMILES string of the molecule is Cn1ccc(CCNC(=O)c2cccc([N+](=O)[O-])c2Br)n1. The van der Waals surface area contributed by atoms with Crippen LogP contribution in [0.15, 0.2) is 34.9 Å². The van der Waals surface area contributed by atoms with E-state index in [0.29, 0.717) is 13.0 Å². The van der Waals surface area contributed by atoms with Crippen LogP contribution in [-0.2, 0) is 13.5 Å². The minimum atomic E-state index is -0.533. The molecule has 0 saturated heterocycles. The van der Waals surface area contributed by atoms with E-state index in [4.69, 9.17) is 0 Å². The molecular weight excluding hydrogens is 340 g/mol. The van der Waals surface area contributed by atoms with Gasteiger partial charge in [0.05, 0.1) is 16.2 Å². The molecule has 0 aliphatic rings. The number of nitro groups is 1. The number of hydrogen-bond donors (Lipinski definition) is 1. The van der Waals surface area contributed by atoms with Crippen molar-refractivity contribution in [2.24, 2.45) is 7.05 Å². The number of amides is 1. The number of nitrogens with one attached hydrogen (secondary N) is 1. The Morgan fingerprint density at radius 1 is 1.48 bits per heavy atom. The normalized spacial score (nSPS) is 10.4. The second-order valence-corrected chi connectivity index (χ2v) is 5.18. The van der Waals surface area contributed by atoms with Gasteiger partial charge in [0, 0.05) is 32.3 Å². The highest BCUT2D eigenvalue weighted by Gasteiger charge is 2.19. The van der Waals surface area contributed by atoms with Crippen LogP contribution in [0.5, 0.6) is 0 Å². The maximum Gasteiger partial charge on any atom is 0.284 e. The quantitative estimate of drug-likeness (QED) is 0.658. The lowest BCUT2D eigenvalue weighted by molar-refractivity contribution is -0.385. The number of aromatic nitrogens is 2. The molecule has 1 aromatic carbocycles. The minimum absolute atomic E-state index is 0.132. The van der Waals surface area contributed by atoms with E-state index < -0.39 is 4.92 Å². The molecule has 7 nitrogen and oxygen atoms in total. The van der Waals surface area contributed by atoms with Crippen molar-refractivity contribution in [2.75, 3.05) is 6.54 Å². The van der Waals surface area contributed by atoms with E-state index in [1.807, 2.05) is 19.3 Å². The molecule has 0 fully saturated rings. The van der Waals surface area contributed by atoms with Gasteiger partial charge in [-0.3, -0.25) is 19.6 Å². The summed E-state index contributed by atoms with van der Waals surface area (Å²) in [7, 11) is 1.82. The van der Waals surface area contributed by atoms with Crippen LogP contribution in [0.3, 0.4) is 0 Å². The number of carbonyl (C=O) groups is 1. The summed E-state index contributed by atoms with van der Waals surface area (Å²) in [6.07, 6.45) is 2.42. The van der Waals surface area contributed by atoms with Crippen molar-refractivity contribution in [3.8, 4) is 0 Å². The van der Waals surface area contributed by atoms with Crippen LogP contribution in [0.2, 0.25) is 0 Å². The Hall–Kier alpha value is -2.22. The number of benzene rings is 1. The van der Waals surface area contributed by atoms with E-state index in [2.05, 4.69) is 26.3 Å². The lowest BCUT2D eigenvalue weighted by Gasteiger charge is -2.06. The Morgan fingerprint density at radius 3 is 2.86 bits per heavy atom. The van der Waals surface area contributed by atoms with Gasteiger partial charge in [-0.15, -0.1) is 0 Å². The zero-order valence-corrected chi connectivity index (χ0v) is 12.8. The van der Waals surface area contributed by atoms with Crippen LogP contribution in [-0.4, -0.2) is 27.2 Å². The third kappa shape index (κ3) is 3.66. The van der Waals surface area contributed by atoms with E-state index in [0.717, 1.165) is 5.69 Å². The van der Waals surface area contributed by atoms with Gasteiger partial charge < -0.3 is 5.32 Å². The molecule has 8 heteroatoms. The van der Waals surface area contributed by atoms with Crippen LogP contribution < -0.4 is 5.32 Å². The average Bonchev–Trinajstić information content (AvgIpc) is 2.84. The molecule has 0 radical (unpaired) electrons. The smallest absolute Gasteiger partial charge is 0.284 e. The van der Waals surface area contributed by atoms with E-state index in [-0.39, 0.29) is 21.6 Å². The van der Waals surface area contributed by atoms with E-state index >= 15 is 0 Å². The summed E-state index contributed by atoms with van der Waals surface area (Å²) < 4.78 is 1.87. The predicted octanol–water partition coefficient (Wildman–Crippen LogP) is 2.06. The lowest BCUT2D eigenvalue weighted by atomic mass is 10.2. The van der Waals surface area contributed by atoms with Crippen LogP contribution in [0.4, 0.5) is 5.69 Å². The predicted molar refractivity (Wildman–Crippen MR) is 80.0 cm³/mol. The van der Waals surface area contributed by atoms with Crippen molar-refractivity contribution >= 4 is 27.5 Å². The van der Waals surface area contributed by atoms with Crippen LogP contribution in [0.25, 0.3) is 0 Å². The highest BCUT2D eigenvalue weighted by molar-refractivity contribution is 9.10. The molecule has 0 spiro atoms. The summed E-state index contributed by atoms with van der Waals surface area (Å²) in [6.45, 7) is 0.408. The number of hydrogen-bond acceptors (Lipinski definition) is 4. The zero-order chi connectivity index (χ0) is 15.4. The summed E-state index contributed by atoms with van der Waals surface area (Å²) in [5.41, 5.74) is 0.980. The lowest BCUT2D eigenvalue weighted by Crippen LogP contribution is -2.26. The van der Waals surface area contributed by atoms with Gasteiger partial charge in [-0.2, -0.15) is 5.10 Å². The Labute approximate surface area is 129 Å². The van der Waals surface area contributed by atoms with Crippen molar-refractivity contribution in [1.82, 2.24) is 15.1 Å². The van der Waals surface area contributed by atoms with E-state index in [1.165, 1.54) is 18.2 Å². The van der Waals surface area contributed by atoms with Crippen LogP contribution in [0.1, 0.15) is 16.1 Å². The van der Waals surface area contributed by atoms with Crippen molar-refractivity contribution in [2.45, 2.75) is 6.42 Å². The van der Waals surface area contributed by atoms with Gasteiger partial charge in [0.2, 0.25) is 0 Å². The Balaban J connectivity index is 2.00. The topological polar surface area (TPSA) is 90.1 Å². The van der Waals surface area contributed by atoms with Crippen molar-refractivity contribution in [3.63, 3.8) is 0 Å². The van der Waals surface area contributed by atoms with Gasteiger partial charge in [-0.1, -0.05) is 6.07 Å². The largest absolute Gasteiger partial charge is 0.352 e. The Morgan fingerprint density at radius 2 is 2.24 bits per heavy atom. The number of nitrogens with zero attached hydrogens (tertiary/aromatic N) is 3. The molecule has 0 atom stereocenters. The molecule has 2 rings (SSSR count). The number of rotatable bonds is 5. The standard InChI is InChI=1S/C13H13BrN4O3/c1-17-8-6-9(16-17)5-7-15-13(19)10-3-2-4-11(12(10)14)18(20)21/h2-4,6,8H,5,7H2,1H3,(H,15,19). The summed E-state index contributed by atoms with van der Waals surface area (Å²) in [6, 6.07) is 6.23. The van der Waals surface area contributed by atoms with Crippen LogP contribution in [0, 0.1) is 10.1 Å². The molecule has 2 aromatic rings. The first-order valence-corrected chi connectivity index (χ1v) is 6.98. The van der Waals surface area contributed by atoms with Gasteiger partial charge in [-0.05, 0) is 28.1 Å². The fraction of sp³-hybridized carbons (Fsp3) is 0.231. The molecule has 21 heavy (non-hydrogen) atoms. The third-order valence-electron chi connectivity index (χ3n) is 2.86. The van der Waals surface area contributed by atoms with Gasteiger partial charge in [0.1, 0.15) is 4.47 Å². The number of nitro benzene ring substituents is 1. The summed E-state index contributed by atoms with van der Waals surface area (Å²) in [5, 5.41) is 17.8. The Bertz CT molecular complexity index is 684. The second kappa shape index (κ2) is 6.49. The summed E-state index contributed by atoms with van der Waals surface area (Å²) in [4.78, 5) is 22.3. The number of halogens is 1. The van der Waals surface area contributed by atoms with Crippen molar-refractivity contribution < 1.29 is 9.72 Å². The first-order valence-electron chi connectivity index (χ1n) is 6.18. The molecule has 0 unspecified atom stereocenters. The minimum Gasteiger partial charge on any atom is -0.352 e. The van der Waals surface area contributed by atoms with Gasteiger partial charge in [0.25, 0.3) is 11.6 Å². The number of aryl methyl sites for hydroxylation is 1. The fourth-order valence-electron chi connectivity index (χ4n) is 1.83. The average molecular weight is 353 g/mol. The number of carbonyl (C=O) groups excluding carboxylic acids is 1. The molecule has 1 aromatic heterocycles. The molecule has 1 amide bonds. The van der Waals surface area contributed by atoms with E-state index in [9.17, 15) is 14.9 Å².